The Morgan fingerprint density at radius 3 is 2.48 bits per heavy atom. The molecule has 2 amide bonds. The number of aromatic nitrogens is 1. The van der Waals surface area contributed by atoms with Crippen LogP contribution in [-0.2, 0) is 10.0 Å². The highest BCUT2D eigenvalue weighted by atomic mass is 32.2. The second-order valence-electron chi connectivity index (χ2n) is 6.70. The lowest BCUT2D eigenvalue weighted by Gasteiger charge is -2.33. The second kappa shape index (κ2) is 8.18. The van der Waals surface area contributed by atoms with Crippen molar-refractivity contribution in [3.8, 4) is 0 Å². The number of carbonyl (C=O) groups excluding carboxylic acids is 1. The van der Waals surface area contributed by atoms with Gasteiger partial charge in [0.15, 0.2) is 0 Å². The normalized spacial score (nSPS) is 17.5. The van der Waals surface area contributed by atoms with Gasteiger partial charge in [0, 0.05) is 25.2 Å². The maximum absolute atomic E-state index is 12.6. The van der Waals surface area contributed by atoms with E-state index < -0.39 is 10.0 Å². The quantitative estimate of drug-likeness (QED) is 0.791. The van der Waals surface area contributed by atoms with Crippen molar-refractivity contribution in [2.45, 2.75) is 46.1 Å². The molecule has 25 heavy (non-hydrogen) atoms. The van der Waals surface area contributed by atoms with Gasteiger partial charge >= 0.3 is 6.03 Å². The highest BCUT2D eigenvalue weighted by Crippen LogP contribution is 2.25. The largest absolute Gasteiger partial charge is 0.361 e. The minimum absolute atomic E-state index is 0.0960. The Labute approximate surface area is 149 Å². The fourth-order valence-corrected chi connectivity index (χ4v) is 3.75. The molecule has 142 valence electrons. The summed E-state index contributed by atoms with van der Waals surface area (Å²) in [6.07, 6.45) is 3.49. The van der Waals surface area contributed by atoms with Gasteiger partial charge in [-0.25, -0.2) is 17.9 Å². The summed E-state index contributed by atoms with van der Waals surface area (Å²) >= 11 is 0. The molecule has 0 bridgehead atoms. The molecule has 2 heterocycles. The van der Waals surface area contributed by atoms with Gasteiger partial charge in [-0.3, -0.25) is 0 Å². The summed E-state index contributed by atoms with van der Waals surface area (Å²) in [5, 5.41) is 7.03. The smallest absolute Gasteiger partial charge is 0.317 e. The van der Waals surface area contributed by atoms with E-state index in [1.807, 2.05) is 20.8 Å². The SMILES string of the molecule is CCC(NC(=O)N1CCC(CNS(C)(=O)=O)CC1)c1c(C)noc1C. The number of amides is 2. The van der Waals surface area contributed by atoms with Gasteiger partial charge < -0.3 is 14.7 Å². The predicted molar refractivity (Wildman–Crippen MR) is 94.7 cm³/mol. The monoisotopic (exact) mass is 372 g/mol. The number of piperidine rings is 1. The Balaban J connectivity index is 1.87. The van der Waals surface area contributed by atoms with Crippen LogP contribution in [0.15, 0.2) is 4.52 Å². The Bertz CT molecular complexity index is 673. The van der Waals surface area contributed by atoms with Gasteiger partial charge in [0.25, 0.3) is 0 Å². The average molecular weight is 372 g/mol. The number of nitrogens with one attached hydrogen (secondary N) is 2. The molecule has 1 unspecified atom stereocenters. The van der Waals surface area contributed by atoms with Crippen LogP contribution in [0.3, 0.4) is 0 Å². The standard InChI is InChI=1S/C16H28N4O4S/c1-5-14(15-11(2)19-24-12(15)3)18-16(21)20-8-6-13(7-9-20)10-17-25(4,22)23/h13-14,17H,5-10H2,1-4H3,(H,18,21). The first-order chi connectivity index (χ1) is 11.7. The number of likely N-dealkylation sites (tertiary alicyclic amines) is 1. The number of nitrogens with zero attached hydrogens (tertiary/aromatic N) is 2. The van der Waals surface area contributed by atoms with Crippen molar-refractivity contribution < 1.29 is 17.7 Å². The molecule has 9 heteroatoms. The van der Waals surface area contributed by atoms with Gasteiger partial charge in [-0.1, -0.05) is 12.1 Å². The summed E-state index contributed by atoms with van der Waals surface area (Å²) < 4.78 is 30.1. The van der Waals surface area contributed by atoms with E-state index in [-0.39, 0.29) is 18.0 Å². The summed E-state index contributed by atoms with van der Waals surface area (Å²) in [6.45, 7) is 7.43. The van der Waals surface area contributed by atoms with Crippen molar-refractivity contribution in [1.82, 2.24) is 20.1 Å². The number of rotatable bonds is 6. The number of sulfonamides is 1. The first-order valence-electron chi connectivity index (χ1n) is 8.64. The molecule has 2 N–H and O–H groups in total. The van der Waals surface area contributed by atoms with Crippen LogP contribution in [0.2, 0.25) is 0 Å². The Morgan fingerprint density at radius 1 is 1.36 bits per heavy atom. The molecule has 0 aromatic carbocycles. The van der Waals surface area contributed by atoms with Crippen molar-refractivity contribution in [1.29, 1.82) is 0 Å². The number of urea groups is 1. The van der Waals surface area contributed by atoms with Gasteiger partial charge in [-0.05, 0) is 39.0 Å². The van der Waals surface area contributed by atoms with E-state index in [0.29, 0.717) is 19.6 Å². The van der Waals surface area contributed by atoms with Crippen molar-refractivity contribution in [3.05, 3.63) is 17.0 Å². The first-order valence-corrected chi connectivity index (χ1v) is 10.5. The zero-order valence-corrected chi connectivity index (χ0v) is 16.1. The third kappa shape index (κ3) is 5.43. The minimum atomic E-state index is -3.16. The fraction of sp³-hybridized carbons (Fsp3) is 0.750. The molecule has 1 aliphatic rings. The number of hydrogen-bond acceptors (Lipinski definition) is 5. The lowest BCUT2D eigenvalue weighted by molar-refractivity contribution is 0.167. The summed E-state index contributed by atoms with van der Waals surface area (Å²) in [6, 6.07) is -0.218. The molecule has 1 aromatic heterocycles. The van der Waals surface area contributed by atoms with Crippen molar-refractivity contribution in [2.24, 2.45) is 5.92 Å². The van der Waals surface area contributed by atoms with Gasteiger partial charge in [-0.15, -0.1) is 0 Å². The van der Waals surface area contributed by atoms with Gasteiger partial charge in [0.1, 0.15) is 5.76 Å². The molecule has 0 radical (unpaired) electrons. The Morgan fingerprint density at radius 2 is 2.00 bits per heavy atom. The van der Waals surface area contributed by atoms with Crippen molar-refractivity contribution >= 4 is 16.1 Å². The zero-order chi connectivity index (χ0) is 18.6. The molecule has 1 saturated heterocycles. The van der Waals surface area contributed by atoms with Crippen LogP contribution in [0.25, 0.3) is 0 Å². The third-order valence-corrected chi connectivity index (χ3v) is 5.37. The molecule has 0 aliphatic carbocycles. The molecular formula is C16H28N4O4S. The summed E-state index contributed by atoms with van der Waals surface area (Å²) in [4.78, 5) is 14.4. The maximum atomic E-state index is 12.6. The van der Waals surface area contributed by atoms with Crippen LogP contribution < -0.4 is 10.0 Å². The van der Waals surface area contributed by atoms with Crippen molar-refractivity contribution in [2.75, 3.05) is 25.9 Å². The molecule has 1 atom stereocenters. The molecule has 1 aromatic rings. The molecule has 1 fully saturated rings. The van der Waals surface area contributed by atoms with Crippen LogP contribution in [0.1, 0.15) is 49.2 Å². The van der Waals surface area contributed by atoms with Crippen LogP contribution in [0.5, 0.6) is 0 Å². The minimum Gasteiger partial charge on any atom is -0.361 e. The zero-order valence-electron chi connectivity index (χ0n) is 15.3. The number of aryl methyl sites for hydroxylation is 2. The molecule has 0 saturated carbocycles. The Kier molecular flexibility index (Phi) is 6.45. The lowest BCUT2D eigenvalue weighted by atomic mass is 9.97. The number of hydrogen-bond donors (Lipinski definition) is 2. The highest BCUT2D eigenvalue weighted by Gasteiger charge is 2.26. The van der Waals surface area contributed by atoms with E-state index in [9.17, 15) is 13.2 Å². The topological polar surface area (TPSA) is 105 Å². The third-order valence-electron chi connectivity index (χ3n) is 4.68. The van der Waals surface area contributed by atoms with Gasteiger partial charge in [0.05, 0.1) is 18.0 Å². The van der Waals surface area contributed by atoms with E-state index in [1.165, 1.54) is 0 Å². The average Bonchev–Trinajstić information content (AvgIpc) is 2.89. The van der Waals surface area contributed by atoms with Gasteiger partial charge in [-0.2, -0.15) is 0 Å². The molecule has 0 spiro atoms. The van der Waals surface area contributed by atoms with Crippen LogP contribution in [-0.4, -0.2) is 50.4 Å². The predicted octanol–water partition coefficient (Wildman–Crippen LogP) is 1.71. The fourth-order valence-electron chi connectivity index (χ4n) is 3.22. The van der Waals surface area contributed by atoms with Crippen molar-refractivity contribution in [3.63, 3.8) is 0 Å². The molecule has 1 aliphatic heterocycles. The lowest BCUT2D eigenvalue weighted by Crippen LogP contribution is -2.46. The number of carbonyl (C=O) groups is 1. The summed E-state index contributed by atoms with van der Waals surface area (Å²) in [5.41, 5.74) is 1.75. The van der Waals surface area contributed by atoms with Crippen LogP contribution >= 0.6 is 0 Å². The van der Waals surface area contributed by atoms with Crippen LogP contribution in [0.4, 0.5) is 4.79 Å². The van der Waals surface area contributed by atoms with E-state index in [4.69, 9.17) is 4.52 Å². The molecular weight excluding hydrogens is 344 g/mol. The van der Waals surface area contributed by atoms with E-state index in [0.717, 1.165) is 42.5 Å². The van der Waals surface area contributed by atoms with E-state index >= 15 is 0 Å². The second-order valence-corrected chi connectivity index (χ2v) is 8.53. The summed E-state index contributed by atoms with van der Waals surface area (Å²) in [7, 11) is -3.16. The van der Waals surface area contributed by atoms with Gasteiger partial charge in [0.2, 0.25) is 10.0 Å². The molecule has 8 nitrogen and oxygen atoms in total. The molecule has 2 rings (SSSR count). The maximum Gasteiger partial charge on any atom is 0.317 e. The van der Waals surface area contributed by atoms with E-state index in [1.54, 1.807) is 4.90 Å². The first kappa shape index (κ1) is 19.7. The van der Waals surface area contributed by atoms with Crippen LogP contribution in [0, 0.1) is 19.8 Å². The van der Waals surface area contributed by atoms with E-state index in [2.05, 4.69) is 15.2 Å². The summed E-state index contributed by atoms with van der Waals surface area (Å²) in [5.74, 6) is 0.999. The highest BCUT2D eigenvalue weighted by molar-refractivity contribution is 7.88. The Hall–Kier alpha value is -1.61.